The fourth-order valence-electron chi connectivity index (χ4n) is 2.13. The smallest absolute Gasteiger partial charge is 0.197 e. The SMILES string of the molecule is CC(C)(C)NS(=O)(=O)N1CCc2ccccc2C1. The highest BCUT2D eigenvalue weighted by atomic mass is 32.2. The molecule has 2 rings (SSSR count). The molecule has 100 valence electrons. The van der Waals surface area contributed by atoms with Gasteiger partial charge in [-0.2, -0.15) is 17.4 Å². The van der Waals surface area contributed by atoms with Gasteiger partial charge >= 0.3 is 0 Å². The van der Waals surface area contributed by atoms with Gasteiger partial charge in [-0.3, -0.25) is 0 Å². The van der Waals surface area contributed by atoms with Crippen LogP contribution >= 0.6 is 0 Å². The van der Waals surface area contributed by atoms with E-state index in [0.29, 0.717) is 13.1 Å². The van der Waals surface area contributed by atoms with Gasteiger partial charge in [0.1, 0.15) is 0 Å². The van der Waals surface area contributed by atoms with Crippen molar-refractivity contribution in [2.75, 3.05) is 6.54 Å². The summed E-state index contributed by atoms with van der Waals surface area (Å²) in [6.45, 7) is 6.55. The lowest BCUT2D eigenvalue weighted by molar-refractivity contribution is 0.368. The van der Waals surface area contributed by atoms with Gasteiger partial charge in [0, 0.05) is 18.6 Å². The molecule has 0 bridgehead atoms. The van der Waals surface area contributed by atoms with Crippen LogP contribution in [0.3, 0.4) is 0 Å². The van der Waals surface area contributed by atoms with Gasteiger partial charge in [0.15, 0.2) is 0 Å². The van der Waals surface area contributed by atoms with Crippen molar-refractivity contribution in [1.29, 1.82) is 0 Å². The topological polar surface area (TPSA) is 49.4 Å². The summed E-state index contributed by atoms with van der Waals surface area (Å²) >= 11 is 0. The van der Waals surface area contributed by atoms with Crippen molar-refractivity contribution in [3.8, 4) is 0 Å². The summed E-state index contributed by atoms with van der Waals surface area (Å²) in [6, 6.07) is 8.01. The van der Waals surface area contributed by atoms with Crippen LogP contribution < -0.4 is 4.72 Å². The van der Waals surface area contributed by atoms with Crippen LogP contribution in [0.4, 0.5) is 0 Å². The third-order valence-electron chi connectivity index (χ3n) is 2.87. The summed E-state index contributed by atoms with van der Waals surface area (Å²) < 4.78 is 28.7. The molecule has 0 unspecified atom stereocenters. The Morgan fingerprint density at radius 2 is 1.78 bits per heavy atom. The quantitative estimate of drug-likeness (QED) is 0.887. The summed E-state index contributed by atoms with van der Waals surface area (Å²) in [4.78, 5) is 0. The Kier molecular flexibility index (Phi) is 3.49. The first kappa shape index (κ1) is 13.5. The van der Waals surface area contributed by atoms with E-state index in [4.69, 9.17) is 0 Å². The van der Waals surface area contributed by atoms with E-state index < -0.39 is 15.7 Å². The van der Waals surface area contributed by atoms with Crippen molar-refractivity contribution in [3.05, 3.63) is 35.4 Å². The summed E-state index contributed by atoms with van der Waals surface area (Å²) in [5.41, 5.74) is 1.90. The normalized spacial score (nSPS) is 17.5. The number of hydrogen-bond donors (Lipinski definition) is 1. The number of benzene rings is 1. The third-order valence-corrected chi connectivity index (χ3v) is 4.73. The molecule has 4 nitrogen and oxygen atoms in total. The molecule has 1 aromatic rings. The lowest BCUT2D eigenvalue weighted by atomic mass is 10.0. The molecule has 0 radical (unpaired) electrons. The molecule has 18 heavy (non-hydrogen) atoms. The van der Waals surface area contributed by atoms with Gasteiger partial charge in [0.05, 0.1) is 0 Å². The summed E-state index contributed by atoms with van der Waals surface area (Å²) in [7, 11) is -3.40. The van der Waals surface area contributed by atoms with Crippen molar-refractivity contribution in [3.63, 3.8) is 0 Å². The van der Waals surface area contributed by atoms with Gasteiger partial charge in [-0.1, -0.05) is 24.3 Å². The second-order valence-electron chi connectivity index (χ2n) is 5.71. The lowest BCUT2D eigenvalue weighted by Gasteiger charge is -2.31. The Hall–Kier alpha value is -0.910. The van der Waals surface area contributed by atoms with Crippen LogP contribution in [0.25, 0.3) is 0 Å². The molecule has 0 fully saturated rings. The molecule has 1 aliphatic rings. The van der Waals surface area contributed by atoms with E-state index in [9.17, 15) is 8.42 Å². The Labute approximate surface area is 109 Å². The van der Waals surface area contributed by atoms with E-state index in [0.717, 1.165) is 12.0 Å². The second kappa shape index (κ2) is 4.64. The molecule has 0 spiro atoms. The monoisotopic (exact) mass is 268 g/mol. The van der Waals surface area contributed by atoms with Crippen LogP contribution in [-0.2, 0) is 23.2 Å². The molecular weight excluding hydrogens is 248 g/mol. The summed E-state index contributed by atoms with van der Waals surface area (Å²) in [5.74, 6) is 0. The van der Waals surface area contributed by atoms with Crippen molar-refractivity contribution in [2.24, 2.45) is 0 Å². The van der Waals surface area contributed by atoms with Crippen LogP contribution in [0.2, 0.25) is 0 Å². The molecule has 5 heteroatoms. The van der Waals surface area contributed by atoms with E-state index in [-0.39, 0.29) is 0 Å². The second-order valence-corrected chi connectivity index (χ2v) is 7.38. The first-order valence-electron chi connectivity index (χ1n) is 6.14. The average Bonchev–Trinajstić information content (AvgIpc) is 2.25. The zero-order valence-electron chi connectivity index (χ0n) is 11.1. The highest BCUT2D eigenvalue weighted by Gasteiger charge is 2.29. The van der Waals surface area contributed by atoms with Crippen molar-refractivity contribution < 1.29 is 8.42 Å². The predicted molar refractivity (Wildman–Crippen MR) is 72.4 cm³/mol. The number of nitrogens with one attached hydrogen (secondary N) is 1. The minimum absolute atomic E-state index is 0.449. The van der Waals surface area contributed by atoms with Crippen molar-refractivity contribution in [2.45, 2.75) is 39.3 Å². The van der Waals surface area contributed by atoms with E-state index in [1.54, 1.807) is 0 Å². The molecule has 0 saturated heterocycles. The Morgan fingerprint density at radius 3 is 2.39 bits per heavy atom. The third kappa shape index (κ3) is 3.10. The number of hydrogen-bond acceptors (Lipinski definition) is 2. The van der Waals surface area contributed by atoms with Gasteiger partial charge in [-0.15, -0.1) is 0 Å². The van der Waals surface area contributed by atoms with Crippen LogP contribution in [0.15, 0.2) is 24.3 Å². The Morgan fingerprint density at radius 1 is 1.17 bits per heavy atom. The van der Waals surface area contributed by atoms with Gasteiger partial charge in [0.2, 0.25) is 0 Å². The lowest BCUT2D eigenvalue weighted by Crippen LogP contribution is -2.50. The molecule has 0 atom stereocenters. The molecule has 1 aliphatic heterocycles. The molecular formula is C13H20N2O2S. The fourth-order valence-corrected chi connectivity index (χ4v) is 3.67. The van der Waals surface area contributed by atoms with Crippen LogP contribution in [0.5, 0.6) is 0 Å². The standard InChI is InChI=1S/C13H20N2O2S/c1-13(2,3)14-18(16,17)15-9-8-11-6-4-5-7-12(11)10-15/h4-7,14H,8-10H2,1-3H3. The number of nitrogens with zero attached hydrogens (tertiary/aromatic N) is 1. The first-order chi connectivity index (χ1) is 8.28. The highest BCUT2D eigenvalue weighted by Crippen LogP contribution is 2.21. The minimum Gasteiger partial charge on any atom is -0.197 e. The minimum atomic E-state index is -3.40. The number of rotatable bonds is 2. The molecule has 1 heterocycles. The van der Waals surface area contributed by atoms with Gasteiger partial charge in [-0.25, -0.2) is 0 Å². The molecule has 0 saturated carbocycles. The average molecular weight is 268 g/mol. The zero-order chi connectivity index (χ0) is 13.4. The van der Waals surface area contributed by atoms with Crippen LogP contribution in [0, 0.1) is 0 Å². The largest absolute Gasteiger partial charge is 0.280 e. The van der Waals surface area contributed by atoms with E-state index in [1.807, 2.05) is 39.0 Å². The van der Waals surface area contributed by atoms with E-state index in [1.165, 1.54) is 9.87 Å². The molecule has 0 amide bonds. The van der Waals surface area contributed by atoms with Gasteiger partial charge in [0.25, 0.3) is 10.2 Å². The maximum atomic E-state index is 12.2. The highest BCUT2D eigenvalue weighted by molar-refractivity contribution is 7.87. The maximum absolute atomic E-state index is 12.2. The first-order valence-corrected chi connectivity index (χ1v) is 7.58. The number of fused-ring (bicyclic) bond motifs is 1. The molecule has 0 aliphatic carbocycles. The van der Waals surface area contributed by atoms with E-state index in [2.05, 4.69) is 10.8 Å². The van der Waals surface area contributed by atoms with Crippen molar-refractivity contribution in [1.82, 2.24) is 9.03 Å². The molecule has 1 aromatic carbocycles. The Bertz CT molecular complexity index is 532. The van der Waals surface area contributed by atoms with Crippen LogP contribution in [0.1, 0.15) is 31.9 Å². The predicted octanol–water partition coefficient (Wildman–Crippen LogP) is 1.68. The molecule has 1 N–H and O–H groups in total. The maximum Gasteiger partial charge on any atom is 0.280 e. The summed E-state index contributed by atoms with van der Waals surface area (Å²) in [5, 5.41) is 0. The van der Waals surface area contributed by atoms with Crippen molar-refractivity contribution >= 4 is 10.2 Å². The molecule has 0 aromatic heterocycles. The van der Waals surface area contributed by atoms with E-state index >= 15 is 0 Å². The zero-order valence-corrected chi connectivity index (χ0v) is 11.9. The van der Waals surface area contributed by atoms with Gasteiger partial charge in [-0.05, 0) is 38.3 Å². The van der Waals surface area contributed by atoms with Gasteiger partial charge < -0.3 is 0 Å². The fraction of sp³-hybridized carbons (Fsp3) is 0.538. The Balaban J connectivity index is 2.18. The van der Waals surface area contributed by atoms with Crippen LogP contribution in [-0.4, -0.2) is 24.8 Å². The summed E-state index contributed by atoms with van der Waals surface area (Å²) in [6.07, 6.45) is 0.779.